The quantitative estimate of drug-likeness (QED) is 0.675. The Balaban J connectivity index is 1.43. The van der Waals surface area contributed by atoms with Crippen LogP contribution in [0.15, 0.2) is 59.3 Å². The van der Waals surface area contributed by atoms with Gasteiger partial charge in [0.2, 0.25) is 0 Å². The molecule has 1 aliphatic rings. The van der Waals surface area contributed by atoms with Crippen molar-refractivity contribution in [3.8, 4) is 0 Å². The molecule has 4 rings (SSSR count). The van der Waals surface area contributed by atoms with E-state index in [1.165, 1.54) is 6.26 Å². The Labute approximate surface area is 173 Å². The standard InChI is InChI=1S/C22H22N4O4/c1-15-4-5-16(13-18(15)24-22(28)19-3-2-10-30-19)21(27)25-20-7-6-17(14-23-20)26-8-11-29-12-9-26/h2-7,10,13-14H,8-9,11-12H2,1H3,(H,24,28)(H,23,25,27). The van der Waals surface area contributed by atoms with Crippen molar-refractivity contribution in [2.24, 2.45) is 0 Å². The smallest absolute Gasteiger partial charge is 0.291 e. The SMILES string of the molecule is Cc1ccc(C(=O)Nc2ccc(N3CCOCC3)cn2)cc1NC(=O)c1ccco1. The third kappa shape index (κ3) is 4.49. The van der Waals surface area contributed by atoms with Crippen LogP contribution in [0, 0.1) is 6.92 Å². The van der Waals surface area contributed by atoms with E-state index in [4.69, 9.17) is 9.15 Å². The minimum atomic E-state index is -0.374. The van der Waals surface area contributed by atoms with Gasteiger partial charge in [-0.1, -0.05) is 6.07 Å². The highest BCUT2D eigenvalue weighted by Gasteiger charge is 2.15. The summed E-state index contributed by atoms with van der Waals surface area (Å²) in [6, 6.07) is 12.0. The monoisotopic (exact) mass is 406 g/mol. The van der Waals surface area contributed by atoms with Crippen LogP contribution in [0.2, 0.25) is 0 Å². The Morgan fingerprint density at radius 1 is 1.03 bits per heavy atom. The van der Waals surface area contributed by atoms with Crippen molar-refractivity contribution in [2.75, 3.05) is 41.8 Å². The average Bonchev–Trinajstić information content (AvgIpc) is 3.31. The molecule has 2 aromatic heterocycles. The van der Waals surface area contributed by atoms with Crippen molar-refractivity contribution >= 4 is 29.0 Å². The molecule has 0 aliphatic carbocycles. The Hall–Kier alpha value is -3.65. The fraction of sp³-hybridized carbons (Fsp3) is 0.227. The molecule has 30 heavy (non-hydrogen) atoms. The second kappa shape index (κ2) is 8.79. The number of aryl methyl sites for hydroxylation is 1. The largest absolute Gasteiger partial charge is 0.459 e. The highest BCUT2D eigenvalue weighted by molar-refractivity contribution is 6.06. The summed E-state index contributed by atoms with van der Waals surface area (Å²) in [5.74, 6) is -0.0243. The molecular formula is C22H22N4O4. The van der Waals surface area contributed by atoms with Crippen LogP contribution in [0.3, 0.4) is 0 Å². The van der Waals surface area contributed by atoms with Gasteiger partial charge in [-0.2, -0.15) is 0 Å². The van der Waals surface area contributed by atoms with Gasteiger partial charge in [0, 0.05) is 24.3 Å². The zero-order chi connectivity index (χ0) is 20.9. The number of carbonyl (C=O) groups is 2. The van der Waals surface area contributed by atoms with Gasteiger partial charge in [0.1, 0.15) is 5.82 Å². The molecule has 1 aromatic carbocycles. The van der Waals surface area contributed by atoms with Gasteiger partial charge in [-0.05, 0) is 48.9 Å². The molecule has 2 N–H and O–H groups in total. The molecule has 1 fully saturated rings. The molecule has 0 unspecified atom stereocenters. The summed E-state index contributed by atoms with van der Waals surface area (Å²) >= 11 is 0. The Morgan fingerprint density at radius 3 is 2.57 bits per heavy atom. The molecule has 154 valence electrons. The summed E-state index contributed by atoms with van der Waals surface area (Å²) in [6.07, 6.45) is 3.17. The zero-order valence-electron chi connectivity index (χ0n) is 16.6. The Morgan fingerprint density at radius 2 is 1.87 bits per heavy atom. The number of hydrogen-bond donors (Lipinski definition) is 2. The number of amides is 2. The number of aromatic nitrogens is 1. The lowest BCUT2D eigenvalue weighted by atomic mass is 10.1. The summed E-state index contributed by atoms with van der Waals surface area (Å²) in [5.41, 5.74) is 2.78. The first-order valence-electron chi connectivity index (χ1n) is 9.66. The second-order valence-electron chi connectivity index (χ2n) is 6.92. The molecular weight excluding hydrogens is 384 g/mol. The van der Waals surface area contributed by atoms with Crippen LogP contribution < -0.4 is 15.5 Å². The molecule has 0 atom stereocenters. The number of carbonyl (C=O) groups excluding carboxylic acids is 2. The van der Waals surface area contributed by atoms with Crippen molar-refractivity contribution < 1.29 is 18.7 Å². The minimum Gasteiger partial charge on any atom is -0.459 e. The van der Waals surface area contributed by atoms with E-state index in [2.05, 4.69) is 20.5 Å². The number of ether oxygens (including phenoxy) is 1. The van der Waals surface area contributed by atoms with Crippen LogP contribution in [0.1, 0.15) is 26.5 Å². The summed E-state index contributed by atoms with van der Waals surface area (Å²) in [5, 5.41) is 5.56. The molecule has 0 bridgehead atoms. The molecule has 3 aromatic rings. The number of pyridine rings is 1. The van der Waals surface area contributed by atoms with E-state index in [0.717, 1.165) is 24.3 Å². The van der Waals surface area contributed by atoms with Gasteiger partial charge in [-0.3, -0.25) is 9.59 Å². The average molecular weight is 406 g/mol. The fourth-order valence-electron chi connectivity index (χ4n) is 3.15. The van der Waals surface area contributed by atoms with Crippen LogP contribution in [-0.2, 0) is 4.74 Å². The summed E-state index contributed by atoms with van der Waals surface area (Å²) in [7, 11) is 0. The number of furan rings is 1. The molecule has 0 radical (unpaired) electrons. The molecule has 1 aliphatic heterocycles. The first kappa shape index (κ1) is 19.7. The van der Waals surface area contributed by atoms with Gasteiger partial charge in [0.25, 0.3) is 11.8 Å². The Bertz CT molecular complexity index is 1030. The van der Waals surface area contributed by atoms with E-state index < -0.39 is 0 Å². The van der Waals surface area contributed by atoms with Crippen LogP contribution >= 0.6 is 0 Å². The fourth-order valence-corrected chi connectivity index (χ4v) is 3.15. The molecule has 8 heteroatoms. The van der Waals surface area contributed by atoms with Gasteiger partial charge in [0.15, 0.2) is 5.76 Å². The topological polar surface area (TPSA) is 96.7 Å². The molecule has 8 nitrogen and oxygen atoms in total. The summed E-state index contributed by atoms with van der Waals surface area (Å²) < 4.78 is 10.5. The van der Waals surface area contributed by atoms with Crippen LogP contribution in [-0.4, -0.2) is 43.1 Å². The first-order chi connectivity index (χ1) is 14.6. The lowest BCUT2D eigenvalue weighted by molar-refractivity contribution is 0.0993. The van der Waals surface area contributed by atoms with Gasteiger partial charge in [0.05, 0.1) is 31.4 Å². The molecule has 2 amide bonds. The van der Waals surface area contributed by atoms with Gasteiger partial charge < -0.3 is 24.7 Å². The van der Waals surface area contributed by atoms with Gasteiger partial charge >= 0.3 is 0 Å². The Kier molecular flexibility index (Phi) is 5.76. The molecule has 0 spiro atoms. The van der Waals surface area contributed by atoms with E-state index in [1.54, 1.807) is 42.6 Å². The van der Waals surface area contributed by atoms with Crippen molar-refractivity contribution in [1.29, 1.82) is 0 Å². The number of anilines is 3. The van der Waals surface area contributed by atoms with Crippen LogP contribution in [0.4, 0.5) is 17.2 Å². The number of nitrogens with zero attached hydrogens (tertiary/aromatic N) is 2. The van der Waals surface area contributed by atoms with Gasteiger partial charge in [-0.25, -0.2) is 4.98 Å². The normalized spacial score (nSPS) is 13.7. The van der Waals surface area contributed by atoms with Crippen molar-refractivity contribution in [2.45, 2.75) is 6.92 Å². The van der Waals surface area contributed by atoms with E-state index in [1.807, 2.05) is 13.0 Å². The highest BCUT2D eigenvalue weighted by atomic mass is 16.5. The summed E-state index contributed by atoms with van der Waals surface area (Å²) in [4.78, 5) is 31.4. The van der Waals surface area contributed by atoms with Crippen LogP contribution in [0.5, 0.6) is 0 Å². The third-order valence-corrected chi connectivity index (χ3v) is 4.86. The predicted molar refractivity (Wildman–Crippen MR) is 113 cm³/mol. The van der Waals surface area contributed by atoms with E-state index in [9.17, 15) is 9.59 Å². The maximum absolute atomic E-state index is 12.7. The van der Waals surface area contributed by atoms with Crippen molar-refractivity contribution in [3.63, 3.8) is 0 Å². The highest BCUT2D eigenvalue weighted by Crippen LogP contribution is 2.20. The van der Waals surface area contributed by atoms with E-state index in [-0.39, 0.29) is 17.6 Å². The van der Waals surface area contributed by atoms with Gasteiger partial charge in [-0.15, -0.1) is 0 Å². The molecule has 1 saturated heterocycles. The number of benzene rings is 1. The number of morpholine rings is 1. The maximum atomic E-state index is 12.7. The number of nitrogens with one attached hydrogen (secondary N) is 2. The lowest BCUT2D eigenvalue weighted by Gasteiger charge is -2.28. The maximum Gasteiger partial charge on any atom is 0.291 e. The minimum absolute atomic E-state index is 0.203. The second-order valence-corrected chi connectivity index (χ2v) is 6.92. The first-order valence-corrected chi connectivity index (χ1v) is 9.66. The van der Waals surface area contributed by atoms with Crippen LogP contribution in [0.25, 0.3) is 0 Å². The lowest BCUT2D eigenvalue weighted by Crippen LogP contribution is -2.36. The number of hydrogen-bond acceptors (Lipinski definition) is 6. The van der Waals surface area contributed by atoms with Crippen molar-refractivity contribution in [1.82, 2.24) is 4.98 Å². The zero-order valence-corrected chi connectivity index (χ0v) is 16.6. The summed E-state index contributed by atoms with van der Waals surface area (Å²) in [6.45, 7) is 4.90. The van der Waals surface area contributed by atoms with E-state index in [0.29, 0.717) is 30.3 Å². The van der Waals surface area contributed by atoms with Crippen molar-refractivity contribution in [3.05, 3.63) is 71.8 Å². The molecule has 0 saturated carbocycles. The third-order valence-electron chi connectivity index (χ3n) is 4.86. The van der Waals surface area contributed by atoms with E-state index >= 15 is 0 Å². The molecule has 3 heterocycles. The number of rotatable bonds is 5. The predicted octanol–water partition coefficient (Wildman–Crippen LogP) is 3.32.